The van der Waals surface area contributed by atoms with Gasteiger partial charge in [-0.05, 0) is 111 Å². The molecule has 0 saturated carbocycles. The molecule has 0 aliphatic carbocycles. The minimum atomic E-state index is -0.621. The van der Waals surface area contributed by atoms with Crippen molar-refractivity contribution in [3.63, 3.8) is 0 Å². The Labute approximate surface area is 321 Å². The number of para-hydroxylation sites is 2. The minimum Gasteiger partial charge on any atom is -0.493 e. The lowest BCUT2D eigenvalue weighted by Gasteiger charge is -2.35. The first-order chi connectivity index (χ1) is 26.8. The molecule has 1 amide bonds. The van der Waals surface area contributed by atoms with Crippen molar-refractivity contribution >= 4 is 22.7 Å². The third-order valence-corrected chi connectivity index (χ3v) is 11.3. The number of amides is 1. The summed E-state index contributed by atoms with van der Waals surface area (Å²) >= 11 is 0. The van der Waals surface area contributed by atoms with Gasteiger partial charge in [-0.1, -0.05) is 18.2 Å². The number of methoxy groups -OCH3 is 5. The number of Topliss-reactive ketones (excluding diaryl/α,β-unsaturated/α-hetero) is 1. The van der Waals surface area contributed by atoms with E-state index in [4.69, 9.17) is 33.1 Å². The van der Waals surface area contributed by atoms with Crippen LogP contribution in [0.4, 0.5) is 0 Å². The number of carbonyl (C=O) groups excluding carboxylic acids is 2. The molecule has 7 rings (SSSR count). The molecule has 2 fully saturated rings. The van der Waals surface area contributed by atoms with Crippen molar-refractivity contribution in [2.75, 3.05) is 61.7 Å². The molecule has 1 atom stereocenters. The smallest absolute Gasteiger partial charge is 0.229 e. The number of carbonyl (C=O) groups is 2. The fourth-order valence-electron chi connectivity index (χ4n) is 8.31. The van der Waals surface area contributed by atoms with E-state index in [-0.39, 0.29) is 17.6 Å². The number of nitrogens with zero attached hydrogens (tertiary/aromatic N) is 4. The SMILES string of the molecule is COc1ccc(CC2(CCN3CCC(C(=O)c4nc5ccccc5n4Cc4ccco4)CC3)CCN(Cc3cc(OC)c(OC)c(OC)c3)C2=O)cc1OC. The lowest BCUT2D eigenvalue weighted by atomic mass is 9.76. The fourth-order valence-corrected chi connectivity index (χ4v) is 8.31. The highest BCUT2D eigenvalue weighted by Gasteiger charge is 2.47. The predicted octanol–water partition coefficient (Wildman–Crippen LogP) is 6.67. The molecule has 55 heavy (non-hydrogen) atoms. The van der Waals surface area contributed by atoms with E-state index in [1.807, 2.05) is 76.2 Å². The van der Waals surface area contributed by atoms with Gasteiger partial charge in [-0.15, -0.1) is 0 Å². The Morgan fingerprint density at radius 2 is 1.51 bits per heavy atom. The van der Waals surface area contributed by atoms with Crippen LogP contribution in [0.5, 0.6) is 28.7 Å². The number of furan rings is 1. The molecule has 2 saturated heterocycles. The van der Waals surface area contributed by atoms with Gasteiger partial charge in [0.25, 0.3) is 0 Å². The second kappa shape index (κ2) is 16.5. The Hall–Kier alpha value is -5.49. The maximum absolute atomic E-state index is 14.6. The molecule has 2 aliphatic rings. The number of ether oxygens (including phenoxy) is 5. The Bertz CT molecular complexity index is 2100. The molecule has 12 nitrogen and oxygen atoms in total. The van der Waals surface area contributed by atoms with Gasteiger partial charge in [-0.3, -0.25) is 9.59 Å². The Morgan fingerprint density at radius 3 is 2.18 bits per heavy atom. The summed E-state index contributed by atoms with van der Waals surface area (Å²) in [6, 6.07) is 21.3. The van der Waals surface area contributed by atoms with Crippen molar-refractivity contribution in [1.29, 1.82) is 0 Å². The van der Waals surface area contributed by atoms with Crippen LogP contribution in [0.15, 0.2) is 77.4 Å². The molecule has 12 heteroatoms. The van der Waals surface area contributed by atoms with E-state index in [2.05, 4.69) is 4.90 Å². The number of benzene rings is 3. The maximum atomic E-state index is 14.6. The van der Waals surface area contributed by atoms with Gasteiger partial charge in [0.05, 0.1) is 64.8 Å². The molecule has 5 aromatic rings. The van der Waals surface area contributed by atoms with Crippen LogP contribution in [0.2, 0.25) is 0 Å². The van der Waals surface area contributed by atoms with Crippen molar-refractivity contribution in [2.45, 2.75) is 45.2 Å². The molecule has 0 spiro atoms. The number of rotatable bonds is 16. The van der Waals surface area contributed by atoms with Crippen LogP contribution in [-0.2, 0) is 24.3 Å². The first kappa shape index (κ1) is 37.8. The minimum absolute atomic E-state index is 0.0701. The Kier molecular flexibility index (Phi) is 11.3. The summed E-state index contributed by atoms with van der Waals surface area (Å²) in [5.41, 5.74) is 3.01. The molecule has 0 N–H and O–H groups in total. The first-order valence-electron chi connectivity index (χ1n) is 18.8. The summed E-state index contributed by atoms with van der Waals surface area (Å²) < 4.78 is 35.5. The van der Waals surface area contributed by atoms with E-state index in [1.54, 1.807) is 41.8 Å². The van der Waals surface area contributed by atoms with E-state index in [0.717, 1.165) is 60.4 Å². The van der Waals surface area contributed by atoms with E-state index >= 15 is 0 Å². The predicted molar refractivity (Wildman–Crippen MR) is 207 cm³/mol. The van der Waals surface area contributed by atoms with Crippen LogP contribution in [0.25, 0.3) is 11.0 Å². The summed E-state index contributed by atoms with van der Waals surface area (Å²) in [7, 11) is 8.01. The third kappa shape index (κ3) is 7.73. The Morgan fingerprint density at radius 1 is 0.800 bits per heavy atom. The molecule has 0 radical (unpaired) electrons. The third-order valence-electron chi connectivity index (χ3n) is 11.3. The molecule has 0 bridgehead atoms. The summed E-state index contributed by atoms with van der Waals surface area (Å²) in [4.78, 5) is 37.9. The van der Waals surface area contributed by atoms with Gasteiger partial charge in [0.15, 0.2) is 28.8 Å². The van der Waals surface area contributed by atoms with Crippen molar-refractivity contribution in [1.82, 2.24) is 19.4 Å². The zero-order chi connectivity index (χ0) is 38.5. The van der Waals surface area contributed by atoms with E-state index in [0.29, 0.717) is 73.5 Å². The van der Waals surface area contributed by atoms with Crippen molar-refractivity contribution in [3.8, 4) is 28.7 Å². The van der Waals surface area contributed by atoms with Crippen molar-refractivity contribution in [2.24, 2.45) is 11.3 Å². The van der Waals surface area contributed by atoms with Crippen molar-refractivity contribution in [3.05, 3.63) is 95.7 Å². The van der Waals surface area contributed by atoms with Crippen LogP contribution < -0.4 is 23.7 Å². The van der Waals surface area contributed by atoms with E-state index < -0.39 is 5.41 Å². The molecular weight excluding hydrogens is 700 g/mol. The van der Waals surface area contributed by atoms with Gasteiger partial charge in [0.1, 0.15) is 5.76 Å². The maximum Gasteiger partial charge on any atom is 0.229 e. The molecule has 4 heterocycles. The largest absolute Gasteiger partial charge is 0.493 e. The standard InChI is InChI=1S/C43H50N4O8/c1-50-35-13-12-29(23-36(35)51-2)26-43(17-21-46(42(43)49)27-30-24-37(52-3)40(54-5)38(25-30)53-4)16-20-45-18-14-31(15-19-45)39(48)41-44-33-10-6-7-11-34(33)47(41)28-32-9-8-22-55-32/h6-13,22-25,31H,14-21,26-28H2,1-5H3. The van der Waals surface area contributed by atoms with Crippen LogP contribution in [0.1, 0.15) is 53.2 Å². The first-order valence-corrected chi connectivity index (χ1v) is 18.8. The van der Waals surface area contributed by atoms with Crippen LogP contribution in [0.3, 0.4) is 0 Å². The fraction of sp³-hybridized carbons (Fsp3) is 0.419. The van der Waals surface area contributed by atoms with Gasteiger partial charge >= 0.3 is 0 Å². The highest BCUT2D eigenvalue weighted by molar-refractivity contribution is 5.98. The lowest BCUT2D eigenvalue weighted by molar-refractivity contribution is -0.137. The van der Waals surface area contributed by atoms with E-state index in [9.17, 15) is 9.59 Å². The number of imidazole rings is 1. The topological polar surface area (TPSA) is 118 Å². The highest BCUT2D eigenvalue weighted by Crippen LogP contribution is 2.43. The number of fused-ring (bicyclic) bond motifs is 1. The Balaban J connectivity index is 1.07. The molecule has 3 aromatic carbocycles. The number of ketones is 1. The van der Waals surface area contributed by atoms with Crippen LogP contribution in [-0.4, -0.2) is 92.8 Å². The number of hydrogen-bond donors (Lipinski definition) is 0. The molecular formula is C43H50N4O8. The number of hydrogen-bond acceptors (Lipinski definition) is 10. The number of aromatic nitrogens is 2. The molecule has 2 aromatic heterocycles. The molecule has 290 valence electrons. The zero-order valence-corrected chi connectivity index (χ0v) is 32.3. The summed E-state index contributed by atoms with van der Waals surface area (Å²) in [5, 5.41) is 0. The quantitative estimate of drug-likeness (QED) is 0.101. The lowest BCUT2D eigenvalue weighted by Crippen LogP contribution is -2.42. The van der Waals surface area contributed by atoms with E-state index in [1.165, 1.54) is 0 Å². The highest BCUT2D eigenvalue weighted by atomic mass is 16.5. The molecule has 2 aliphatic heterocycles. The number of likely N-dealkylation sites (tertiary alicyclic amines) is 2. The van der Waals surface area contributed by atoms with Crippen molar-refractivity contribution < 1.29 is 37.7 Å². The van der Waals surface area contributed by atoms with Gasteiger partial charge in [0, 0.05) is 19.0 Å². The van der Waals surface area contributed by atoms with Crippen LogP contribution in [0, 0.1) is 11.3 Å². The monoisotopic (exact) mass is 750 g/mol. The average Bonchev–Trinajstić information content (AvgIpc) is 3.95. The van der Waals surface area contributed by atoms with Crippen LogP contribution >= 0.6 is 0 Å². The normalized spacial score (nSPS) is 17.8. The summed E-state index contributed by atoms with van der Waals surface area (Å²) in [5.74, 6) is 4.22. The summed E-state index contributed by atoms with van der Waals surface area (Å²) in [6.45, 7) is 3.77. The van der Waals surface area contributed by atoms with Gasteiger partial charge in [0.2, 0.25) is 17.4 Å². The second-order valence-electron chi connectivity index (χ2n) is 14.5. The summed E-state index contributed by atoms with van der Waals surface area (Å²) in [6.07, 6.45) is 5.07. The second-order valence-corrected chi connectivity index (χ2v) is 14.5. The molecule has 1 unspecified atom stereocenters. The van der Waals surface area contributed by atoms with Gasteiger partial charge in [-0.25, -0.2) is 4.98 Å². The number of piperidine rings is 1. The zero-order valence-electron chi connectivity index (χ0n) is 32.3. The average molecular weight is 751 g/mol. The van der Waals surface area contributed by atoms with Gasteiger partial charge < -0.3 is 42.5 Å². The van der Waals surface area contributed by atoms with Gasteiger partial charge in [-0.2, -0.15) is 0 Å².